The van der Waals surface area contributed by atoms with Gasteiger partial charge in [0.25, 0.3) is 5.91 Å². The maximum atomic E-state index is 12.2. The fourth-order valence-electron chi connectivity index (χ4n) is 3.29. The molecule has 0 aliphatic rings. The first-order valence-electron chi connectivity index (χ1n) is 14.3. The Balaban J connectivity index is 1.76. The molecule has 1 aromatic carbocycles. The Hall–Kier alpha value is -2.40. The molecule has 0 saturated carbocycles. The van der Waals surface area contributed by atoms with Crippen molar-refractivity contribution in [1.29, 1.82) is 0 Å². The first-order valence-corrected chi connectivity index (χ1v) is 14.3. The molecule has 15 nitrogen and oxygen atoms in total. The highest BCUT2D eigenvalue weighted by Crippen LogP contribution is 2.17. The number of azide groups is 1. The van der Waals surface area contributed by atoms with E-state index in [0.717, 1.165) is 5.56 Å². The minimum Gasteiger partial charge on any atom is -0.379 e. The largest absolute Gasteiger partial charge is 0.379 e. The van der Waals surface area contributed by atoms with E-state index >= 15 is 0 Å². The predicted octanol–water partition coefficient (Wildman–Crippen LogP) is 2.15. The minimum atomic E-state index is -0.456. The normalized spacial score (nSPS) is 11.1. The van der Waals surface area contributed by atoms with E-state index in [1.54, 1.807) is 38.5 Å². The van der Waals surface area contributed by atoms with Gasteiger partial charge in [-0.15, -0.1) is 0 Å². The minimum absolute atomic E-state index is 0.171. The molecule has 0 fully saturated rings. The fraction of sp³-hybridized carbons (Fsp3) is 0.750. The summed E-state index contributed by atoms with van der Waals surface area (Å²) in [5.41, 5.74) is 9.52. The quantitative estimate of drug-likeness (QED) is 0.0426. The van der Waals surface area contributed by atoms with Gasteiger partial charge in [0, 0.05) is 43.3 Å². The Morgan fingerprint density at radius 1 is 0.651 bits per heavy atom. The smallest absolute Gasteiger partial charge is 0.251 e. The van der Waals surface area contributed by atoms with Crippen LogP contribution in [0, 0.1) is 0 Å². The van der Waals surface area contributed by atoms with E-state index in [2.05, 4.69) is 15.3 Å². The third-order valence-corrected chi connectivity index (χ3v) is 5.41. The van der Waals surface area contributed by atoms with E-state index in [9.17, 15) is 4.79 Å². The molecule has 0 saturated heterocycles. The number of nitrogens with zero attached hydrogens (tertiary/aromatic N) is 3. The number of benzene rings is 1. The summed E-state index contributed by atoms with van der Waals surface area (Å²) in [6, 6.07) is 7.05. The Bertz CT molecular complexity index is 825. The van der Waals surface area contributed by atoms with Crippen molar-refractivity contribution in [3.8, 4) is 0 Å². The summed E-state index contributed by atoms with van der Waals surface area (Å²) in [5.74, 6) is -0.171. The summed E-state index contributed by atoms with van der Waals surface area (Å²) < 4.78 is 53.7. The van der Waals surface area contributed by atoms with Gasteiger partial charge in [0.05, 0.1) is 106 Å². The number of hydrogen-bond acceptors (Lipinski definition) is 12. The molecule has 1 rings (SSSR count). The van der Waals surface area contributed by atoms with Gasteiger partial charge < -0.3 is 52.7 Å². The SMILES string of the molecule is COC(OC)c1ccc(C(=O)NCCOCCOCCOCCOCCOCCOCCOCCOCCN=[N+]=[N-])cc1. The summed E-state index contributed by atoms with van der Waals surface area (Å²) in [7, 11) is 3.12. The Labute approximate surface area is 253 Å². The van der Waals surface area contributed by atoms with Gasteiger partial charge in [-0.3, -0.25) is 4.79 Å². The average Bonchev–Trinajstić information content (AvgIpc) is 3.03. The molecule has 0 unspecified atom stereocenters. The van der Waals surface area contributed by atoms with Gasteiger partial charge in [0.15, 0.2) is 6.29 Å². The lowest BCUT2D eigenvalue weighted by Gasteiger charge is -2.14. The molecule has 246 valence electrons. The van der Waals surface area contributed by atoms with Crippen LogP contribution >= 0.6 is 0 Å². The molecule has 1 aromatic rings. The number of rotatable bonds is 31. The lowest BCUT2D eigenvalue weighted by Crippen LogP contribution is -2.27. The van der Waals surface area contributed by atoms with Crippen LogP contribution in [0.4, 0.5) is 0 Å². The van der Waals surface area contributed by atoms with Crippen molar-refractivity contribution in [3.05, 3.63) is 45.8 Å². The van der Waals surface area contributed by atoms with Gasteiger partial charge >= 0.3 is 0 Å². The number of amides is 1. The van der Waals surface area contributed by atoms with Gasteiger partial charge in [-0.2, -0.15) is 0 Å². The topological polar surface area (TPSA) is 170 Å². The molecule has 0 aliphatic heterocycles. The highest BCUT2D eigenvalue weighted by Gasteiger charge is 2.10. The molecule has 15 heteroatoms. The molecule has 0 heterocycles. The lowest BCUT2D eigenvalue weighted by atomic mass is 10.1. The van der Waals surface area contributed by atoms with E-state index in [-0.39, 0.29) is 5.91 Å². The van der Waals surface area contributed by atoms with Crippen LogP contribution in [-0.2, 0) is 47.4 Å². The zero-order valence-corrected chi connectivity index (χ0v) is 25.4. The number of carbonyl (C=O) groups is 1. The number of ether oxygens (including phenoxy) is 10. The molecular formula is C28H48N4O11. The lowest BCUT2D eigenvalue weighted by molar-refractivity contribution is -0.106. The van der Waals surface area contributed by atoms with Crippen molar-refractivity contribution in [1.82, 2.24) is 5.32 Å². The van der Waals surface area contributed by atoms with Gasteiger partial charge in [-0.1, -0.05) is 17.2 Å². The van der Waals surface area contributed by atoms with Crippen molar-refractivity contribution >= 4 is 5.91 Å². The third kappa shape index (κ3) is 22.8. The van der Waals surface area contributed by atoms with Crippen LogP contribution in [0.2, 0.25) is 0 Å². The highest BCUT2D eigenvalue weighted by atomic mass is 16.7. The second kappa shape index (κ2) is 29.7. The molecule has 0 aliphatic carbocycles. The Kier molecular flexibility index (Phi) is 26.6. The summed E-state index contributed by atoms with van der Waals surface area (Å²) in [5, 5.41) is 6.18. The Morgan fingerprint density at radius 2 is 1.02 bits per heavy atom. The van der Waals surface area contributed by atoms with Crippen molar-refractivity contribution in [2.45, 2.75) is 6.29 Å². The predicted molar refractivity (Wildman–Crippen MR) is 156 cm³/mol. The van der Waals surface area contributed by atoms with E-state index in [1.165, 1.54) is 0 Å². The van der Waals surface area contributed by atoms with Crippen molar-refractivity contribution in [2.24, 2.45) is 5.11 Å². The standard InChI is InChI=1S/C28H48N4O11/c1-34-28(35-2)26-5-3-25(4-6-26)27(33)30-7-9-36-11-13-38-15-17-40-19-21-42-23-24-43-22-20-41-18-16-39-14-12-37-10-8-31-32-29/h3-6,28H,7-24H2,1-2H3,(H,30,33). The van der Waals surface area contributed by atoms with Gasteiger partial charge in [-0.25, -0.2) is 0 Å². The first kappa shape index (κ1) is 38.6. The second-order valence-electron chi connectivity index (χ2n) is 8.53. The molecule has 0 radical (unpaired) electrons. The second-order valence-corrected chi connectivity index (χ2v) is 8.53. The van der Waals surface area contributed by atoms with Gasteiger partial charge in [-0.05, 0) is 17.7 Å². The number of hydrogen-bond donors (Lipinski definition) is 1. The van der Waals surface area contributed by atoms with Crippen molar-refractivity contribution < 1.29 is 52.2 Å². The molecule has 1 amide bonds. The molecule has 0 spiro atoms. The first-order chi connectivity index (χ1) is 21.2. The highest BCUT2D eigenvalue weighted by molar-refractivity contribution is 5.94. The van der Waals surface area contributed by atoms with E-state index < -0.39 is 6.29 Å². The van der Waals surface area contributed by atoms with Crippen LogP contribution in [0.1, 0.15) is 22.2 Å². The summed E-state index contributed by atoms with van der Waals surface area (Å²) in [6.07, 6.45) is -0.456. The summed E-state index contributed by atoms with van der Waals surface area (Å²) in [4.78, 5) is 14.9. The van der Waals surface area contributed by atoms with E-state index in [1.807, 2.05) is 0 Å². The number of carbonyl (C=O) groups excluding carboxylic acids is 1. The van der Waals surface area contributed by atoms with Crippen LogP contribution in [-0.4, -0.2) is 139 Å². The maximum absolute atomic E-state index is 12.2. The molecular weight excluding hydrogens is 568 g/mol. The van der Waals surface area contributed by atoms with Crippen LogP contribution < -0.4 is 5.32 Å². The van der Waals surface area contributed by atoms with Crippen molar-refractivity contribution in [2.75, 3.05) is 133 Å². The number of methoxy groups -OCH3 is 2. The zero-order valence-electron chi connectivity index (χ0n) is 25.4. The van der Waals surface area contributed by atoms with Gasteiger partial charge in [0.2, 0.25) is 0 Å². The molecule has 1 N–H and O–H groups in total. The summed E-state index contributed by atoms with van der Waals surface area (Å²) >= 11 is 0. The van der Waals surface area contributed by atoms with Crippen LogP contribution in [0.25, 0.3) is 10.4 Å². The Morgan fingerprint density at radius 3 is 1.40 bits per heavy atom. The fourth-order valence-corrected chi connectivity index (χ4v) is 3.29. The number of nitrogens with one attached hydrogen (secondary N) is 1. The summed E-state index contributed by atoms with van der Waals surface area (Å²) in [6.45, 7) is 8.08. The molecule has 43 heavy (non-hydrogen) atoms. The monoisotopic (exact) mass is 616 g/mol. The van der Waals surface area contributed by atoms with E-state index in [4.69, 9.17) is 52.9 Å². The molecule has 0 bridgehead atoms. The van der Waals surface area contributed by atoms with Crippen LogP contribution in [0.15, 0.2) is 29.4 Å². The third-order valence-electron chi connectivity index (χ3n) is 5.41. The van der Waals surface area contributed by atoms with Gasteiger partial charge in [0.1, 0.15) is 0 Å². The zero-order chi connectivity index (χ0) is 31.1. The van der Waals surface area contributed by atoms with E-state index in [0.29, 0.717) is 124 Å². The average molecular weight is 617 g/mol. The van der Waals surface area contributed by atoms with Crippen LogP contribution in [0.3, 0.4) is 0 Å². The van der Waals surface area contributed by atoms with Crippen LogP contribution in [0.5, 0.6) is 0 Å². The maximum Gasteiger partial charge on any atom is 0.251 e. The molecule has 0 aromatic heterocycles. The molecule has 0 atom stereocenters. The van der Waals surface area contributed by atoms with Crippen molar-refractivity contribution in [3.63, 3.8) is 0 Å².